The first-order valence-corrected chi connectivity index (χ1v) is 3.66. The molecule has 0 aliphatic rings. The number of anilines is 1. The Morgan fingerprint density at radius 3 is 2.25 bits per heavy atom. The van der Waals surface area contributed by atoms with Crippen LogP contribution >= 0.6 is 0 Å². The molecule has 0 saturated carbocycles. The summed E-state index contributed by atoms with van der Waals surface area (Å²) in [4.78, 5) is 0. The minimum atomic E-state index is 0.301. The topological polar surface area (TPSA) is 52.5 Å². The number of aryl methyl sites for hydroxylation is 1. The third kappa shape index (κ3) is 2.80. The molecule has 12 heavy (non-hydrogen) atoms. The molecule has 0 atom stereocenters. The van der Waals surface area contributed by atoms with Crippen LogP contribution < -0.4 is 5.32 Å². The number of rotatable bonds is 1. The summed E-state index contributed by atoms with van der Waals surface area (Å²) in [5.41, 5.74) is 2.11. The first-order chi connectivity index (χ1) is 5.74. The molecule has 0 saturated heterocycles. The highest BCUT2D eigenvalue weighted by Gasteiger charge is 1.94. The van der Waals surface area contributed by atoms with Gasteiger partial charge in [-0.2, -0.15) is 0 Å². The van der Waals surface area contributed by atoms with Crippen LogP contribution in [0.5, 0.6) is 5.75 Å². The van der Waals surface area contributed by atoms with Crippen LogP contribution in [-0.2, 0) is 0 Å². The Morgan fingerprint density at radius 2 is 1.83 bits per heavy atom. The van der Waals surface area contributed by atoms with E-state index in [1.807, 2.05) is 20.0 Å². The Hall–Kier alpha value is -1.22. The highest BCUT2D eigenvalue weighted by molar-refractivity contribution is 5.53. The summed E-state index contributed by atoms with van der Waals surface area (Å²) in [5, 5.41) is 19.0. The minimum Gasteiger partial charge on any atom is -0.508 e. The SMILES string of the molecule is CNc1cc(O)ccc1C.CO. The third-order valence-electron chi connectivity index (χ3n) is 1.49. The maximum absolute atomic E-state index is 9.03. The van der Waals surface area contributed by atoms with Crippen molar-refractivity contribution in [2.75, 3.05) is 19.5 Å². The second kappa shape index (κ2) is 5.43. The van der Waals surface area contributed by atoms with E-state index in [4.69, 9.17) is 10.2 Å². The molecule has 3 heteroatoms. The lowest BCUT2D eigenvalue weighted by atomic mass is 10.2. The standard InChI is InChI=1S/C8H11NO.CH4O/c1-6-3-4-7(10)5-8(6)9-2;1-2/h3-5,9-10H,1-2H3;2H,1H3. The maximum Gasteiger partial charge on any atom is 0.117 e. The highest BCUT2D eigenvalue weighted by Crippen LogP contribution is 2.19. The van der Waals surface area contributed by atoms with E-state index < -0.39 is 0 Å². The maximum atomic E-state index is 9.03. The zero-order valence-corrected chi connectivity index (χ0v) is 7.63. The summed E-state index contributed by atoms with van der Waals surface area (Å²) >= 11 is 0. The van der Waals surface area contributed by atoms with Crippen molar-refractivity contribution in [3.05, 3.63) is 23.8 Å². The normalized spacial score (nSPS) is 8.33. The first-order valence-electron chi connectivity index (χ1n) is 3.66. The number of aromatic hydroxyl groups is 1. The number of phenols is 1. The molecular weight excluding hydrogens is 154 g/mol. The smallest absolute Gasteiger partial charge is 0.117 e. The lowest BCUT2D eigenvalue weighted by molar-refractivity contribution is 0.399. The van der Waals surface area contributed by atoms with Gasteiger partial charge in [-0.05, 0) is 18.6 Å². The number of phenolic OH excluding ortho intramolecular Hbond substituents is 1. The number of nitrogens with one attached hydrogen (secondary N) is 1. The molecule has 0 bridgehead atoms. The molecular formula is C9H15NO2. The zero-order valence-electron chi connectivity index (χ0n) is 7.63. The predicted molar refractivity (Wildman–Crippen MR) is 50.5 cm³/mol. The lowest BCUT2D eigenvalue weighted by Crippen LogP contribution is -1.89. The van der Waals surface area contributed by atoms with E-state index in [9.17, 15) is 0 Å². The zero-order chi connectivity index (χ0) is 9.56. The summed E-state index contributed by atoms with van der Waals surface area (Å²) in [5.74, 6) is 0.301. The summed E-state index contributed by atoms with van der Waals surface area (Å²) in [6.07, 6.45) is 0. The Bertz CT molecular complexity index is 236. The molecule has 0 unspecified atom stereocenters. The van der Waals surface area contributed by atoms with Crippen LogP contribution in [0.3, 0.4) is 0 Å². The summed E-state index contributed by atoms with van der Waals surface area (Å²) in [7, 11) is 2.84. The average Bonchev–Trinajstić information content (AvgIpc) is 2.13. The van der Waals surface area contributed by atoms with Gasteiger partial charge in [0.15, 0.2) is 0 Å². The molecule has 1 rings (SSSR count). The predicted octanol–water partition coefficient (Wildman–Crippen LogP) is 1.35. The van der Waals surface area contributed by atoms with E-state index in [2.05, 4.69) is 5.32 Å². The van der Waals surface area contributed by atoms with Crippen molar-refractivity contribution < 1.29 is 10.2 Å². The second-order valence-corrected chi connectivity index (χ2v) is 2.25. The fraction of sp³-hybridized carbons (Fsp3) is 0.333. The number of aliphatic hydroxyl groups excluding tert-OH is 1. The van der Waals surface area contributed by atoms with Gasteiger partial charge in [0.25, 0.3) is 0 Å². The molecule has 0 aromatic heterocycles. The van der Waals surface area contributed by atoms with Gasteiger partial charge in [0, 0.05) is 25.9 Å². The number of benzene rings is 1. The molecule has 0 radical (unpaired) electrons. The van der Waals surface area contributed by atoms with Crippen molar-refractivity contribution in [1.29, 1.82) is 0 Å². The van der Waals surface area contributed by atoms with Crippen molar-refractivity contribution in [3.63, 3.8) is 0 Å². The van der Waals surface area contributed by atoms with Gasteiger partial charge < -0.3 is 15.5 Å². The van der Waals surface area contributed by atoms with E-state index in [1.165, 1.54) is 0 Å². The average molecular weight is 169 g/mol. The lowest BCUT2D eigenvalue weighted by Gasteiger charge is -2.03. The van der Waals surface area contributed by atoms with Crippen LogP contribution in [0.15, 0.2) is 18.2 Å². The summed E-state index contributed by atoms with van der Waals surface area (Å²) in [6.45, 7) is 1.99. The van der Waals surface area contributed by atoms with Crippen LogP contribution in [0, 0.1) is 6.92 Å². The van der Waals surface area contributed by atoms with E-state index in [0.717, 1.165) is 18.4 Å². The van der Waals surface area contributed by atoms with Gasteiger partial charge >= 0.3 is 0 Å². The molecule has 1 aromatic rings. The molecule has 0 spiro atoms. The van der Waals surface area contributed by atoms with Gasteiger partial charge in [-0.15, -0.1) is 0 Å². The monoisotopic (exact) mass is 169 g/mol. The van der Waals surface area contributed by atoms with Crippen molar-refractivity contribution in [2.45, 2.75) is 6.92 Å². The summed E-state index contributed by atoms with van der Waals surface area (Å²) in [6, 6.07) is 5.26. The fourth-order valence-corrected chi connectivity index (χ4v) is 0.879. The minimum absolute atomic E-state index is 0.301. The first kappa shape index (κ1) is 10.8. The van der Waals surface area contributed by atoms with Crippen molar-refractivity contribution in [1.82, 2.24) is 0 Å². The number of hydrogen-bond donors (Lipinski definition) is 3. The van der Waals surface area contributed by atoms with E-state index in [0.29, 0.717) is 5.75 Å². The molecule has 3 N–H and O–H groups in total. The third-order valence-corrected chi connectivity index (χ3v) is 1.49. The molecule has 0 aliphatic heterocycles. The molecule has 0 fully saturated rings. The molecule has 0 aliphatic carbocycles. The van der Waals surface area contributed by atoms with Gasteiger partial charge in [0.05, 0.1) is 0 Å². The van der Waals surface area contributed by atoms with Crippen LogP contribution in [0.2, 0.25) is 0 Å². The molecule has 0 heterocycles. The molecule has 68 valence electrons. The second-order valence-electron chi connectivity index (χ2n) is 2.25. The van der Waals surface area contributed by atoms with Crippen LogP contribution in [0.1, 0.15) is 5.56 Å². The summed E-state index contributed by atoms with van der Waals surface area (Å²) < 4.78 is 0. The van der Waals surface area contributed by atoms with Gasteiger partial charge in [-0.1, -0.05) is 6.07 Å². The molecule has 1 aromatic carbocycles. The van der Waals surface area contributed by atoms with Crippen molar-refractivity contribution >= 4 is 5.69 Å². The largest absolute Gasteiger partial charge is 0.508 e. The van der Waals surface area contributed by atoms with Gasteiger partial charge in [0.1, 0.15) is 5.75 Å². The van der Waals surface area contributed by atoms with Crippen LogP contribution in [0.25, 0.3) is 0 Å². The Kier molecular flexibility index (Phi) is 4.88. The Labute approximate surface area is 72.7 Å². The number of hydrogen-bond acceptors (Lipinski definition) is 3. The Morgan fingerprint density at radius 1 is 1.25 bits per heavy atom. The van der Waals surface area contributed by atoms with Gasteiger partial charge in [-0.25, -0.2) is 0 Å². The number of aliphatic hydroxyl groups is 1. The van der Waals surface area contributed by atoms with Crippen LogP contribution in [-0.4, -0.2) is 24.4 Å². The molecule has 0 amide bonds. The van der Waals surface area contributed by atoms with Crippen molar-refractivity contribution in [3.8, 4) is 5.75 Å². The van der Waals surface area contributed by atoms with Gasteiger partial charge in [-0.3, -0.25) is 0 Å². The van der Waals surface area contributed by atoms with Crippen LogP contribution in [0.4, 0.5) is 5.69 Å². The van der Waals surface area contributed by atoms with Crippen molar-refractivity contribution in [2.24, 2.45) is 0 Å². The quantitative estimate of drug-likeness (QED) is 0.594. The van der Waals surface area contributed by atoms with E-state index in [1.54, 1.807) is 12.1 Å². The molecule has 3 nitrogen and oxygen atoms in total. The van der Waals surface area contributed by atoms with E-state index >= 15 is 0 Å². The highest BCUT2D eigenvalue weighted by atomic mass is 16.3. The van der Waals surface area contributed by atoms with E-state index in [-0.39, 0.29) is 0 Å². The van der Waals surface area contributed by atoms with Gasteiger partial charge in [0.2, 0.25) is 0 Å². The fourth-order valence-electron chi connectivity index (χ4n) is 0.879. The Balaban J connectivity index is 0.000000561.